The first-order valence-corrected chi connectivity index (χ1v) is 8.87. The molecule has 4 rings (SSSR count). The zero-order valence-corrected chi connectivity index (χ0v) is 14.5. The van der Waals surface area contributed by atoms with E-state index in [9.17, 15) is 4.79 Å². The summed E-state index contributed by atoms with van der Waals surface area (Å²) in [6.07, 6.45) is 7.26. The molecule has 0 atom stereocenters. The molecule has 2 aromatic carbocycles. The third-order valence-corrected chi connectivity index (χ3v) is 5.29. The molecule has 2 aromatic rings. The molecule has 0 aromatic heterocycles. The van der Waals surface area contributed by atoms with Gasteiger partial charge in [0.1, 0.15) is 0 Å². The normalized spacial score (nSPS) is 15.9. The number of nitrogens with zero attached hydrogens (tertiary/aromatic N) is 1. The number of nitrogens with one attached hydrogen (secondary N) is 1. The predicted octanol–water partition coefficient (Wildman–Crippen LogP) is 1.79. The number of aryl methyl sites for hydroxylation is 1. The fourth-order valence-corrected chi connectivity index (χ4v) is 3.44. The Morgan fingerprint density at radius 1 is 1.16 bits per heavy atom. The lowest BCUT2D eigenvalue weighted by molar-refractivity contribution is -0.124. The number of fused-ring (bicyclic) bond motifs is 1. The number of carbonyl (C=O) groups excluding carboxylic acids is 1. The highest BCUT2D eigenvalue weighted by Crippen LogP contribution is 2.31. The third-order valence-electron chi connectivity index (χ3n) is 5.29. The minimum absolute atomic E-state index is 0.0265. The molecule has 3 N–H and O–H groups in total. The monoisotopic (exact) mass is 333 g/mol. The van der Waals surface area contributed by atoms with Crippen LogP contribution in [0.1, 0.15) is 24.8 Å². The van der Waals surface area contributed by atoms with Crippen LogP contribution in [0, 0.1) is 12.8 Å². The van der Waals surface area contributed by atoms with Crippen LogP contribution in [-0.4, -0.2) is 12.5 Å². The predicted molar refractivity (Wildman–Crippen MR) is 102 cm³/mol. The summed E-state index contributed by atoms with van der Waals surface area (Å²) in [4.78, 5) is 12.4. The van der Waals surface area contributed by atoms with Crippen molar-refractivity contribution in [3.05, 3.63) is 52.4 Å². The van der Waals surface area contributed by atoms with Crippen molar-refractivity contribution in [1.82, 2.24) is 5.32 Å². The zero-order valence-electron chi connectivity index (χ0n) is 14.5. The molecule has 0 unspecified atom stereocenters. The summed E-state index contributed by atoms with van der Waals surface area (Å²) in [5, 5.41) is 7.01. The average Bonchev–Trinajstić information content (AvgIpc) is 2.59. The van der Waals surface area contributed by atoms with Crippen LogP contribution in [0.15, 0.2) is 36.4 Å². The van der Waals surface area contributed by atoms with E-state index in [1.54, 1.807) is 0 Å². The number of hydrogen-bond donors (Lipinski definition) is 2. The smallest absolute Gasteiger partial charge is 0.244 e. The van der Waals surface area contributed by atoms with Crippen molar-refractivity contribution < 1.29 is 4.79 Å². The van der Waals surface area contributed by atoms with Gasteiger partial charge in [0.15, 0.2) is 0 Å². The molecular formula is C21H23N3O. The lowest BCUT2D eigenvalue weighted by atomic mass is 9.84. The van der Waals surface area contributed by atoms with Crippen molar-refractivity contribution in [3.63, 3.8) is 0 Å². The Morgan fingerprint density at radius 2 is 2.00 bits per heavy atom. The Hall–Kier alpha value is -2.59. The molecule has 0 bridgehead atoms. The van der Waals surface area contributed by atoms with E-state index in [0.29, 0.717) is 0 Å². The van der Waals surface area contributed by atoms with E-state index in [2.05, 4.69) is 36.5 Å². The van der Waals surface area contributed by atoms with Gasteiger partial charge in [0.25, 0.3) is 0 Å². The maximum absolute atomic E-state index is 12.4. The molecule has 4 heteroatoms. The topological polar surface area (TPSA) is 58.4 Å². The molecule has 2 aliphatic rings. The first-order chi connectivity index (χ1) is 12.1. The Bertz CT molecular complexity index is 944. The van der Waals surface area contributed by atoms with Gasteiger partial charge in [0, 0.05) is 18.7 Å². The third kappa shape index (κ3) is 2.94. The number of nitrogens with two attached hydrogens (primary N) is 1. The first-order valence-electron chi connectivity index (χ1n) is 8.87. The molecule has 1 amide bonds. The highest BCUT2D eigenvalue weighted by molar-refractivity contribution is 5.95. The van der Waals surface area contributed by atoms with Gasteiger partial charge >= 0.3 is 0 Å². The summed E-state index contributed by atoms with van der Waals surface area (Å²) in [7, 11) is 0. The molecule has 0 spiro atoms. The number of hydrazine groups is 1. The number of amides is 1. The van der Waals surface area contributed by atoms with Gasteiger partial charge < -0.3 is 5.32 Å². The van der Waals surface area contributed by atoms with Gasteiger partial charge in [-0.25, -0.2) is 10.9 Å². The van der Waals surface area contributed by atoms with Crippen LogP contribution in [0.4, 0.5) is 5.69 Å². The highest BCUT2D eigenvalue weighted by atomic mass is 16.2. The summed E-state index contributed by atoms with van der Waals surface area (Å²) >= 11 is 0. The fourth-order valence-electron chi connectivity index (χ4n) is 3.44. The van der Waals surface area contributed by atoms with Gasteiger partial charge in [-0.1, -0.05) is 30.7 Å². The van der Waals surface area contributed by atoms with Crippen LogP contribution < -0.4 is 26.6 Å². The van der Waals surface area contributed by atoms with Gasteiger partial charge in [-0.05, 0) is 65.1 Å². The van der Waals surface area contributed by atoms with E-state index in [1.807, 2.05) is 24.4 Å². The lowest BCUT2D eigenvalue weighted by Crippen LogP contribution is -2.43. The molecule has 1 aliphatic carbocycles. The van der Waals surface area contributed by atoms with E-state index >= 15 is 0 Å². The Morgan fingerprint density at radius 3 is 2.76 bits per heavy atom. The Labute approximate surface area is 147 Å². The molecule has 128 valence electrons. The number of carbonyl (C=O) groups is 1. The summed E-state index contributed by atoms with van der Waals surface area (Å²) in [5.74, 6) is 6.24. The van der Waals surface area contributed by atoms with E-state index in [0.717, 1.165) is 42.6 Å². The number of anilines is 1. The minimum Gasteiger partial charge on any atom is -0.387 e. The molecule has 25 heavy (non-hydrogen) atoms. The van der Waals surface area contributed by atoms with Crippen molar-refractivity contribution >= 4 is 23.9 Å². The van der Waals surface area contributed by atoms with Crippen LogP contribution in [-0.2, 0) is 4.79 Å². The van der Waals surface area contributed by atoms with Gasteiger partial charge in [0.2, 0.25) is 5.91 Å². The van der Waals surface area contributed by atoms with Crippen molar-refractivity contribution in [3.8, 4) is 11.1 Å². The first kappa shape index (κ1) is 15.9. The summed E-state index contributed by atoms with van der Waals surface area (Å²) < 4.78 is 0. The van der Waals surface area contributed by atoms with Crippen LogP contribution in [0.3, 0.4) is 0 Å². The van der Waals surface area contributed by atoms with Crippen LogP contribution >= 0.6 is 0 Å². The summed E-state index contributed by atoms with van der Waals surface area (Å²) in [5.41, 5.74) is 4.16. The minimum atomic E-state index is 0.0265. The second-order valence-corrected chi connectivity index (χ2v) is 6.94. The van der Waals surface area contributed by atoms with Crippen LogP contribution in [0.5, 0.6) is 0 Å². The van der Waals surface area contributed by atoms with Gasteiger partial charge in [-0.15, -0.1) is 0 Å². The van der Waals surface area contributed by atoms with Crippen LogP contribution in [0.25, 0.3) is 23.4 Å². The molecule has 1 saturated carbocycles. The highest BCUT2D eigenvalue weighted by Gasteiger charge is 2.29. The van der Waals surface area contributed by atoms with Gasteiger partial charge in [0.05, 0.1) is 5.69 Å². The molecule has 0 radical (unpaired) electrons. The molecule has 4 nitrogen and oxygen atoms in total. The molecule has 0 saturated heterocycles. The van der Waals surface area contributed by atoms with Gasteiger partial charge in [-0.3, -0.25) is 4.79 Å². The fraction of sp³-hybridized carbons (Fsp3) is 0.286. The van der Waals surface area contributed by atoms with E-state index in [1.165, 1.54) is 21.0 Å². The maximum Gasteiger partial charge on any atom is 0.244 e. The zero-order chi connectivity index (χ0) is 17.4. The van der Waals surface area contributed by atoms with E-state index in [4.69, 9.17) is 5.84 Å². The van der Waals surface area contributed by atoms with Gasteiger partial charge in [-0.2, -0.15) is 0 Å². The molecular weight excluding hydrogens is 310 g/mol. The van der Waals surface area contributed by atoms with Crippen molar-refractivity contribution in [2.45, 2.75) is 26.2 Å². The number of benzene rings is 2. The Balaban J connectivity index is 1.72. The van der Waals surface area contributed by atoms with Crippen LogP contribution in [0.2, 0.25) is 0 Å². The van der Waals surface area contributed by atoms with E-state index in [-0.39, 0.29) is 11.8 Å². The lowest BCUT2D eigenvalue weighted by Gasteiger charge is -2.29. The average molecular weight is 333 g/mol. The molecule has 1 heterocycles. The largest absolute Gasteiger partial charge is 0.387 e. The van der Waals surface area contributed by atoms with Crippen molar-refractivity contribution in [2.75, 3.05) is 11.6 Å². The number of hydrogen-bond acceptors (Lipinski definition) is 3. The summed E-state index contributed by atoms with van der Waals surface area (Å²) in [6, 6.07) is 12.4. The molecule has 1 fully saturated rings. The van der Waals surface area contributed by atoms with E-state index < -0.39 is 0 Å². The number of rotatable bonds is 3. The quantitative estimate of drug-likeness (QED) is 0.511. The Kier molecular flexibility index (Phi) is 4.06. The summed E-state index contributed by atoms with van der Waals surface area (Å²) in [6.45, 7) is 2.95. The molecule has 1 aliphatic heterocycles. The van der Waals surface area contributed by atoms with Crippen molar-refractivity contribution in [1.29, 1.82) is 0 Å². The standard InChI is InChI=1S/C21H23N3O/c1-14-5-8-19(24(22)21(25)16-3-2-4-16)12-20(14)17-7-6-15-9-10-23-13-18(15)11-17/h5-9,11-13,16,23H,2-4,10,22H2,1H3. The maximum atomic E-state index is 12.4. The van der Waals surface area contributed by atoms with Crippen molar-refractivity contribution in [2.24, 2.45) is 11.8 Å². The second-order valence-electron chi connectivity index (χ2n) is 6.94. The SMILES string of the molecule is Cc1ccc(N(N)C(=O)C2CCC2)cc1-c1ccc2c(c1)=CNCC=2. The second kappa shape index (κ2) is 6.37.